The molecule has 0 aliphatic heterocycles. The smallest absolute Gasteiger partial charge is 0.178 e. The summed E-state index contributed by atoms with van der Waals surface area (Å²) in [4.78, 5) is 1.49. The standard InChI is InChI=1S/C9H12O2S2/c1-3-13(10,11)9-6-4-8(12-2)5-7-9/h4-7H,3H2,1-2H3. The number of rotatable bonds is 3. The molecular weight excluding hydrogens is 204 g/mol. The third-order valence-electron chi connectivity index (χ3n) is 1.80. The first kappa shape index (κ1) is 10.6. The van der Waals surface area contributed by atoms with E-state index in [1.807, 2.05) is 18.4 Å². The number of benzene rings is 1. The van der Waals surface area contributed by atoms with E-state index in [-0.39, 0.29) is 5.75 Å². The Balaban J connectivity index is 3.06. The molecular formula is C9H12O2S2. The fourth-order valence-corrected chi connectivity index (χ4v) is 2.24. The van der Waals surface area contributed by atoms with Crippen LogP contribution in [-0.4, -0.2) is 20.4 Å². The lowest BCUT2D eigenvalue weighted by Crippen LogP contribution is -2.02. The van der Waals surface area contributed by atoms with Gasteiger partial charge in [-0.3, -0.25) is 0 Å². The molecule has 0 atom stereocenters. The van der Waals surface area contributed by atoms with E-state index in [4.69, 9.17) is 0 Å². The first-order chi connectivity index (χ1) is 6.10. The van der Waals surface area contributed by atoms with Gasteiger partial charge >= 0.3 is 0 Å². The van der Waals surface area contributed by atoms with Crippen LogP contribution in [0.15, 0.2) is 34.1 Å². The lowest BCUT2D eigenvalue weighted by atomic mass is 10.4. The average molecular weight is 216 g/mol. The Morgan fingerprint density at radius 3 is 2.15 bits per heavy atom. The first-order valence-electron chi connectivity index (χ1n) is 3.97. The van der Waals surface area contributed by atoms with Gasteiger partial charge < -0.3 is 0 Å². The third kappa shape index (κ3) is 2.48. The van der Waals surface area contributed by atoms with Gasteiger partial charge in [0.15, 0.2) is 9.84 Å². The highest BCUT2D eigenvalue weighted by Crippen LogP contribution is 2.18. The Bertz CT molecular complexity index is 365. The summed E-state index contributed by atoms with van der Waals surface area (Å²) in [6.45, 7) is 1.65. The summed E-state index contributed by atoms with van der Waals surface area (Å²) in [6.07, 6.45) is 1.96. The molecule has 1 aromatic rings. The van der Waals surface area contributed by atoms with Crippen LogP contribution in [0.5, 0.6) is 0 Å². The number of hydrogen-bond donors (Lipinski definition) is 0. The van der Waals surface area contributed by atoms with Crippen LogP contribution in [0.3, 0.4) is 0 Å². The van der Waals surface area contributed by atoms with Gasteiger partial charge in [-0.25, -0.2) is 8.42 Å². The van der Waals surface area contributed by atoms with E-state index in [1.54, 1.807) is 30.8 Å². The molecule has 0 unspecified atom stereocenters. The van der Waals surface area contributed by atoms with Crippen LogP contribution in [0.2, 0.25) is 0 Å². The molecule has 1 aromatic carbocycles. The monoisotopic (exact) mass is 216 g/mol. The van der Waals surface area contributed by atoms with Crippen molar-refractivity contribution in [2.75, 3.05) is 12.0 Å². The maximum atomic E-state index is 11.4. The van der Waals surface area contributed by atoms with Crippen molar-refractivity contribution in [2.45, 2.75) is 16.7 Å². The van der Waals surface area contributed by atoms with Gasteiger partial charge in [-0.05, 0) is 30.5 Å². The molecule has 0 N–H and O–H groups in total. The molecule has 72 valence electrons. The van der Waals surface area contributed by atoms with Gasteiger partial charge in [0, 0.05) is 4.90 Å². The van der Waals surface area contributed by atoms with Crippen LogP contribution in [0, 0.1) is 0 Å². The maximum absolute atomic E-state index is 11.4. The topological polar surface area (TPSA) is 34.1 Å². The minimum absolute atomic E-state index is 0.158. The van der Waals surface area contributed by atoms with Crippen molar-refractivity contribution in [3.8, 4) is 0 Å². The predicted molar refractivity (Wildman–Crippen MR) is 55.9 cm³/mol. The fraction of sp³-hybridized carbons (Fsp3) is 0.333. The average Bonchev–Trinajstić information content (AvgIpc) is 2.18. The fourth-order valence-electron chi connectivity index (χ4n) is 0.950. The van der Waals surface area contributed by atoms with Crippen LogP contribution in [0.25, 0.3) is 0 Å². The normalized spacial score (nSPS) is 11.5. The van der Waals surface area contributed by atoms with Crippen LogP contribution < -0.4 is 0 Å². The van der Waals surface area contributed by atoms with E-state index in [2.05, 4.69) is 0 Å². The van der Waals surface area contributed by atoms with Gasteiger partial charge in [0.25, 0.3) is 0 Å². The number of sulfone groups is 1. The summed E-state index contributed by atoms with van der Waals surface area (Å²) in [5.74, 6) is 0.158. The van der Waals surface area contributed by atoms with Crippen LogP contribution in [0.1, 0.15) is 6.92 Å². The van der Waals surface area contributed by atoms with Gasteiger partial charge in [-0.15, -0.1) is 11.8 Å². The summed E-state index contributed by atoms with van der Waals surface area (Å²) in [6, 6.07) is 6.97. The summed E-state index contributed by atoms with van der Waals surface area (Å²) in [5, 5.41) is 0. The van der Waals surface area contributed by atoms with Crippen LogP contribution in [-0.2, 0) is 9.84 Å². The molecule has 0 spiro atoms. The quantitative estimate of drug-likeness (QED) is 0.726. The largest absolute Gasteiger partial charge is 0.224 e. The Labute approximate surface area is 83.3 Å². The number of thioether (sulfide) groups is 1. The van der Waals surface area contributed by atoms with Crippen molar-refractivity contribution < 1.29 is 8.42 Å². The lowest BCUT2D eigenvalue weighted by Gasteiger charge is -2.01. The van der Waals surface area contributed by atoms with Crippen molar-refractivity contribution in [2.24, 2.45) is 0 Å². The second-order valence-corrected chi connectivity index (χ2v) is 5.74. The summed E-state index contributed by atoms with van der Waals surface area (Å²) in [7, 11) is -3.03. The van der Waals surface area contributed by atoms with Crippen molar-refractivity contribution in [3.63, 3.8) is 0 Å². The van der Waals surface area contributed by atoms with E-state index >= 15 is 0 Å². The molecule has 0 aliphatic carbocycles. The Morgan fingerprint density at radius 2 is 1.77 bits per heavy atom. The van der Waals surface area contributed by atoms with Crippen LogP contribution >= 0.6 is 11.8 Å². The Morgan fingerprint density at radius 1 is 1.23 bits per heavy atom. The third-order valence-corrected chi connectivity index (χ3v) is 4.29. The molecule has 4 heteroatoms. The minimum atomic E-state index is -3.03. The number of hydrogen-bond acceptors (Lipinski definition) is 3. The Kier molecular flexibility index (Phi) is 3.39. The first-order valence-corrected chi connectivity index (χ1v) is 6.84. The maximum Gasteiger partial charge on any atom is 0.178 e. The highest BCUT2D eigenvalue weighted by molar-refractivity contribution is 7.98. The molecule has 0 saturated heterocycles. The van der Waals surface area contributed by atoms with Gasteiger partial charge in [0.05, 0.1) is 10.6 Å². The minimum Gasteiger partial charge on any atom is -0.224 e. The molecule has 13 heavy (non-hydrogen) atoms. The van der Waals surface area contributed by atoms with Gasteiger partial charge in [-0.2, -0.15) is 0 Å². The summed E-state index contributed by atoms with van der Waals surface area (Å²) in [5.41, 5.74) is 0. The van der Waals surface area contributed by atoms with Crippen molar-refractivity contribution in [3.05, 3.63) is 24.3 Å². The SMILES string of the molecule is CCS(=O)(=O)c1ccc(SC)cc1. The molecule has 0 aliphatic rings. The van der Waals surface area contributed by atoms with Crippen molar-refractivity contribution in [1.82, 2.24) is 0 Å². The van der Waals surface area contributed by atoms with E-state index in [0.29, 0.717) is 4.90 Å². The van der Waals surface area contributed by atoms with E-state index in [0.717, 1.165) is 4.90 Å². The molecule has 0 aromatic heterocycles. The molecule has 0 radical (unpaired) electrons. The summed E-state index contributed by atoms with van der Waals surface area (Å²) < 4.78 is 22.8. The van der Waals surface area contributed by atoms with E-state index < -0.39 is 9.84 Å². The molecule has 1 rings (SSSR count). The molecule has 0 bridgehead atoms. The highest BCUT2D eigenvalue weighted by Gasteiger charge is 2.10. The molecule has 2 nitrogen and oxygen atoms in total. The summed E-state index contributed by atoms with van der Waals surface area (Å²) >= 11 is 1.60. The van der Waals surface area contributed by atoms with Gasteiger partial charge in [-0.1, -0.05) is 6.92 Å². The second-order valence-electron chi connectivity index (χ2n) is 2.58. The second kappa shape index (κ2) is 4.15. The van der Waals surface area contributed by atoms with E-state index in [1.165, 1.54) is 0 Å². The van der Waals surface area contributed by atoms with Gasteiger partial charge in [0.2, 0.25) is 0 Å². The van der Waals surface area contributed by atoms with Crippen LogP contribution in [0.4, 0.5) is 0 Å². The molecule has 0 saturated carbocycles. The van der Waals surface area contributed by atoms with Crippen molar-refractivity contribution in [1.29, 1.82) is 0 Å². The van der Waals surface area contributed by atoms with Crippen molar-refractivity contribution >= 4 is 21.6 Å². The van der Waals surface area contributed by atoms with Gasteiger partial charge in [0.1, 0.15) is 0 Å². The highest BCUT2D eigenvalue weighted by atomic mass is 32.2. The zero-order chi connectivity index (χ0) is 9.90. The molecule has 0 amide bonds. The Hall–Kier alpha value is -0.480. The molecule has 0 fully saturated rings. The zero-order valence-electron chi connectivity index (χ0n) is 7.65. The zero-order valence-corrected chi connectivity index (χ0v) is 9.28. The predicted octanol–water partition coefficient (Wildman–Crippen LogP) is 2.20. The lowest BCUT2D eigenvalue weighted by molar-refractivity contribution is 0.597. The van der Waals surface area contributed by atoms with E-state index in [9.17, 15) is 8.42 Å². The molecule has 0 heterocycles.